The minimum absolute atomic E-state index is 0.142. The summed E-state index contributed by atoms with van der Waals surface area (Å²) in [5, 5.41) is 11.3. The van der Waals surface area contributed by atoms with Crippen molar-refractivity contribution in [3.63, 3.8) is 0 Å². The molecule has 0 aliphatic carbocycles. The number of amides is 1. The van der Waals surface area contributed by atoms with Crippen molar-refractivity contribution in [2.24, 2.45) is 0 Å². The first kappa shape index (κ1) is 24.2. The molecule has 0 bridgehead atoms. The van der Waals surface area contributed by atoms with Gasteiger partial charge in [-0.1, -0.05) is 6.07 Å². The number of alkyl halides is 3. The number of likely N-dealkylation sites (N-methyl/N-ethyl adjacent to an activating group) is 1. The van der Waals surface area contributed by atoms with Crippen LogP contribution in [0.3, 0.4) is 0 Å². The molecule has 1 unspecified atom stereocenters. The largest absolute Gasteiger partial charge is 0.573 e. The van der Waals surface area contributed by atoms with Crippen LogP contribution in [0.2, 0.25) is 0 Å². The van der Waals surface area contributed by atoms with Gasteiger partial charge in [-0.05, 0) is 54.1 Å². The van der Waals surface area contributed by atoms with Gasteiger partial charge in [-0.15, -0.1) is 13.2 Å². The number of hydrogen-bond acceptors (Lipinski definition) is 7. The zero-order valence-electron chi connectivity index (χ0n) is 19.4. The number of hydrogen-bond donors (Lipinski definition) is 1. The summed E-state index contributed by atoms with van der Waals surface area (Å²) >= 11 is 0. The van der Waals surface area contributed by atoms with Crippen LogP contribution in [0.4, 0.5) is 24.5 Å². The summed E-state index contributed by atoms with van der Waals surface area (Å²) in [7, 11) is 1.87. The van der Waals surface area contributed by atoms with E-state index in [0.717, 1.165) is 17.0 Å². The fourth-order valence-corrected chi connectivity index (χ4v) is 4.41. The van der Waals surface area contributed by atoms with Gasteiger partial charge in [0.1, 0.15) is 23.9 Å². The molecule has 2 aliphatic rings. The van der Waals surface area contributed by atoms with Crippen molar-refractivity contribution >= 4 is 28.8 Å². The van der Waals surface area contributed by atoms with Crippen LogP contribution in [-0.2, 0) is 9.59 Å². The highest BCUT2D eigenvalue weighted by atomic mass is 19.4. The molecule has 3 aromatic rings. The first-order valence-electron chi connectivity index (χ1n) is 11.2. The highest BCUT2D eigenvalue weighted by Crippen LogP contribution is 2.43. The Hall–Kier alpha value is -4.54. The lowest BCUT2D eigenvalue weighted by atomic mass is 9.95. The van der Waals surface area contributed by atoms with Crippen molar-refractivity contribution in [2.75, 3.05) is 30.0 Å². The Morgan fingerprint density at radius 2 is 1.89 bits per heavy atom. The van der Waals surface area contributed by atoms with Crippen LogP contribution in [0.5, 0.6) is 11.5 Å². The standard InChI is InChI=1S/C26H20F3N3O5/c1-31-11-12-36-20-9-4-15(13-19(20)31)23(33)21-22(16-3-2-10-30-14-16)32(25(35)24(21)34)17-5-7-18(8-6-17)37-26(27,28)29/h2-10,13-14,22,33H,11-12H2,1H3/b23-21-. The van der Waals surface area contributed by atoms with Gasteiger partial charge < -0.3 is 19.5 Å². The molecule has 5 rings (SSSR count). The van der Waals surface area contributed by atoms with Crippen LogP contribution >= 0.6 is 0 Å². The Bertz CT molecular complexity index is 1390. The third-order valence-electron chi connectivity index (χ3n) is 6.12. The molecule has 0 spiro atoms. The van der Waals surface area contributed by atoms with Gasteiger partial charge in [-0.25, -0.2) is 0 Å². The number of rotatable bonds is 4. The van der Waals surface area contributed by atoms with E-state index >= 15 is 0 Å². The maximum Gasteiger partial charge on any atom is 0.573 e. The van der Waals surface area contributed by atoms with E-state index in [-0.39, 0.29) is 11.3 Å². The predicted molar refractivity (Wildman–Crippen MR) is 127 cm³/mol. The number of Topliss-reactive ketones (excluding diaryl/α,β-unsaturated/α-hetero) is 1. The second-order valence-corrected chi connectivity index (χ2v) is 8.45. The van der Waals surface area contributed by atoms with Crippen LogP contribution in [0, 0.1) is 0 Å². The monoisotopic (exact) mass is 511 g/mol. The minimum Gasteiger partial charge on any atom is -0.507 e. The summed E-state index contributed by atoms with van der Waals surface area (Å²) < 4.78 is 47.3. The lowest BCUT2D eigenvalue weighted by molar-refractivity contribution is -0.274. The summed E-state index contributed by atoms with van der Waals surface area (Å²) in [4.78, 5) is 33.6. The first-order chi connectivity index (χ1) is 17.6. The lowest BCUT2D eigenvalue weighted by Crippen LogP contribution is -2.29. The highest BCUT2D eigenvalue weighted by molar-refractivity contribution is 6.51. The average Bonchev–Trinajstić information content (AvgIpc) is 3.14. The SMILES string of the molecule is CN1CCOc2ccc(/C(O)=C3/C(=O)C(=O)N(c4ccc(OC(F)(F)F)cc4)C3c3cccnc3)cc21. The molecule has 1 aromatic heterocycles. The Kier molecular flexibility index (Phi) is 5.98. The summed E-state index contributed by atoms with van der Waals surface area (Å²) in [6.07, 6.45) is -1.92. The van der Waals surface area contributed by atoms with E-state index in [2.05, 4.69) is 9.72 Å². The number of pyridine rings is 1. The minimum atomic E-state index is -4.88. The number of halogens is 3. The molecule has 37 heavy (non-hydrogen) atoms. The Labute approximate surface area is 209 Å². The molecular formula is C26H20F3N3O5. The Morgan fingerprint density at radius 1 is 1.14 bits per heavy atom. The van der Waals surface area contributed by atoms with Crippen molar-refractivity contribution < 1.29 is 37.3 Å². The number of carbonyl (C=O) groups excluding carboxylic acids is 2. The molecule has 2 aliphatic heterocycles. The van der Waals surface area contributed by atoms with E-state index in [4.69, 9.17) is 4.74 Å². The molecule has 3 heterocycles. The second-order valence-electron chi connectivity index (χ2n) is 8.45. The molecule has 1 fully saturated rings. The maximum absolute atomic E-state index is 13.3. The maximum atomic E-state index is 13.3. The first-order valence-corrected chi connectivity index (χ1v) is 11.2. The fourth-order valence-electron chi connectivity index (χ4n) is 4.41. The Morgan fingerprint density at radius 3 is 2.57 bits per heavy atom. The van der Waals surface area contributed by atoms with E-state index in [9.17, 15) is 27.9 Å². The predicted octanol–water partition coefficient (Wildman–Crippen LogP) is 4.44. The van der Waals surface area contributed by atoms with E-state index in [1.165, 1.54) is 24.5 Å². The van der Waals surface area contributed by atoms with Gasteiger partial charge in [0, 0.05) is 30.7 Å². The van der Waals surface area contributed by atoms with E-state index in [0.29, 0.717) is 35.7 Å². The van der Waals surface area contributed by atoms with Crippen LogP contribution in [0.25, 0.3) is 5.76 Å². The van der Waals surface area contributed by atoms with Crippen molar-refractivity contribution in [2.45, 2.75) is 12.4 Å². The molecule has 0 radical (unpaired) electrons. The zero-order chi connectivity index (χ0) is 26.3. The number of benzene rings is 2. The number of fused-ring (bicyclic) bond motifs is 1. The van der Waals surface area contributed by atoms with Gasteiger partial charge in [-0.2, -0.15) is 0 Å². The molecule has 8 nitrogen and oxygen atoms in total. The fraction of sp³-hybridized carbons (Fsp3) is 0.192. The summed E-state index contributed by atoms with van der Waals surface area (Å²) in [5.41, 5.74) is 1.41. The molecule has 0 saturated carbocycles. The second kappa shape index (κ2) is 9.16. The number of ketones is 1. The number of ether oxygens (including phenoxy) is 2. The number of carbonyl (C=O) groups is 2. The average molecular weight is 511 g/mol. The number of aliphatic hydroxyl groups is 1. The summed E-state index contributed by atoms with van der Waals surface area (Å²) in [6, 6.07) is 11.7. The smallest absolute Gasteiger partial charge is 0.507 e. The number of aromatic nitrogens is 1. The van der Waals surface area contributed by atoms with Crippen LogP contribution in [0.15, 0.2) is 72.6 Å². The zero-order valence-corrected chi connectivity index (χ0v) is 19.4. The van der Waals surface area contributed by atoms with Crippen molar-refractivity contribution in [1.82, 2.24) is 4.98 Å². The van der Waals surface area contributed by atoms with Crippen LogP contribution < -0.4 is 19.3 Å². The lowest BCUT2D eigenvalue weighted by Gasteiger charge is -2.28. The third kappa shape index (κ3) is 4.55. The van der Waals surface area contributed by atoms with E-state index in [1.807, 2.05) is 11.9 Å². The van der Waals surface area contributed by atoms with E-state index in [1.54, 1.807) is 30.3 Å². The van der Waals surface area contributed by atoms with Crippen molar-refractivity contribution in [3.8, 4) is 11.5 Å². The number of anilines is 2. The molecule has 1 N–H and O–H groups in total. The molecular weight excluding hydrogens is 491 g/mol. The highest BCUT2D eigenvalue weighted by Gasteiger charge is 2.47. The Balaban J connectivity index is 1.62. The number of nitrogens with zero attached hydrogens (tertiary/aromatic N) is 3. The molecule has 190 valence electrons. The van der Waals surface area contributed by atoms with Gasteiger partial charge in [-0.3, -0.25) is 19.5 Å². The molecule has 1 saturated heterocycles. The summed E-state index contributed by atoms with van der Waals surface area (Å²) in [6.45, 7) is 1.14. The van der Waals surface area contributed by atoms with Gasteiger partial charge in [0.15, 0.2) is 0 Å². The van der Waals surface area contributed by atoms with Gasteiger partial charge >= 0.3 is 6.36 Å². The molecule has 2 aromatic carbocycles. The van der Waals surface area contributed by atoms with Gasteiger partial charge in [0.25, 0.3) is 11.7 Å². The van der Waals surface area contributed by atoms with E-state index < -0.39 is 35.6 Å². The molecule has 1 amide bonds. The molecule has 1 atom stereocenters. The van der Waals surface area contributed by atoms with Gasteiger partial charge in [0.05, 0.1) is 23.8 Å². The number of aliphatic hydroxyl groups excluding tert-OH is 1. The summed E-state index contributed by atoms with van der Waals surface area (Å²) in [5.74, 6) is -2.14. The topological polar surface area (TPSA) is 92.2 Å². The van der Waals surface area contributed by atoms with Gasteiger partial charge in [0.2, 0.25) is 0 Å². The van der Waals surface area contributed by atoms with Crippen molar-refractivity contribution in [3.05, 3.63) is 83.7 Å². The van der Waals surface area contributed by atoms with Crippen molar-refractivity contribution in [1.29, 1.82) is 0 Å². The normalized spacial score (nSPS) is 19.0. The molecule has 11 heteroatoms. The quantitative estimate of drug-likeness (QED) is 0.315. The van der Waals surface area contributed by atoms with Crippen LogP contribution in [-0.4, -0.2) is 48.3 Å². The van der Waals surface area contributed by atoms with Crippen LogP contribution in [0.1, 0.15) is 17.2 Å². The third-order valence-corrected chi connectivity index (χ3v) is 6.12.